The Bertz CT molecular complexity index is 825. The summed E-state index contributed by atoms with van der Waals surface area (Å²) in [6.45, 7) is 2.30. The number of hydrogen-bond donors (Lipinski definition) is 1. The highest BCUT2D eigenvalue weighted by Gasteiger charge is 2.31. The monoisotopic (exact) mass is 382 g/mol. The van der Waals surface area contributed by atoms with Crippen LogP contribution >= 0.6 is 0 Å². The fourth-order valence-electron chi connectivity index (χ4n) is 2.88. The molecule has 1 aliphatic rings. The van der Waals surface area contributed by atoms with Gasteiger partial charge in [-0.3, -0.25) is 14.9 Å². The summed E-state index contributed by atoms with van der Waals surface area (Å²) in [7, 11) is 0. The first-order valence-corrected chi connectivity index (χ1v) is 8.32. The van der Waals surface area contributed by atoms with Gasteiger partial charge < -0.3 is 9.42 Å². The maximum atomic E-state index is 12.6. The van der Waals surface area contributed by atoms with Crippen molar-refractivity contribution >= 4 is 17.8 Å². The number of hydrogen-bond acceptors (Lipinski definition) is 5. The van der Waals surface area contributed by atoms with E-state index in [1.54, 1.807) is 6.92 Å². The van der Waals surface area contributed by atoms with Gasteiger partial charge in [-0.25, -0.2) is 0 Å². The topological polar surface area (TPSA) is 88.3 Å². The van der Waals surface area contributed by atoms with E-state index in [-0.39, 0.29) is 29.3 Å². The molecule has 0 aliphatic carbocycles. The number of benzene rings is 1. The van der Waals surface area contributed by atoms with Crippen LogP contribution in [0.25, 0.3) is 0 Å². The number of carbonyl (C=O) groups excluding carboxylic acids is 2. The van der Waals surface area contributed by atoms with E-state index in [2.05, 4.69) is 15.5 Å². The lowest BCUT2D eigenvalue weighted by molar-refractivity contribution is -0.137. The molecule has 10 heteroatoms. The molecular formula is C17H17F3N4O3. The maximum absolute atomic E-state index is 12.6. The van der Waals surface area contributed by atoms with Crippen molar-refractivity contribution in [2.45, 2.75) is 25.9 Å². The van der Waals surface area contributed by atoms with Gasteiger partial charge in [-0.2, -0.15) is 18.2 Å². The van der Waals surface area contributed by atoms with Gasteiger partial charge in [0.25, 0.3) is 5.91 Å². The second-order valence-corrected chi connectivity index (χ2v) is 6.28. The summed E-state index contributed by atoms with van der Waals surface area (Å²) in [5.41, 5.74) is -0.613. The molecule has 2 heterocycles. The van der Waals surface area contributed by atoms with E-state index in [1.165, 1.54) is 17.0 Å². The van der Waals surface area contributed by atoms with Crippen LogP contribution in [0.3, 0.4) is 0 Å². The molecule has 0 bridgehead atoms. The van der Waals surface area contributed by atoms with Crippen LogP contribution in [-0.2, 0) is 11.0 Å². The van der Waals surface area contributed by atoms with Gasteiger partial charge in [0.2, 0.25) is 5.91 Å². The van der Waals surface area contributed by atoms with Gasteiger partial charge in [0.1, 0.15) is 0 Å². The molecule has 0 saturated carbocycles. The Hall–Kier alpha value is -2.91. The van der Waals surface area contributed by atoms with Crippen molar-refractivity contribution in [3.05, 3.63) is 41.2 Å². The van der Waals surface area contributed by atoms with Crippen LogP contribution in [0.15, 0.2) is 28.8 Å². The largest absolute Gasteiger partial charge is 0.416 e. The van der Waals surface area contributed by atoms with E-state index in [9.17, 15) is 22.8 Å². The molecule has 1 fully saturated rings. The molecule has 1 aliphatic heterocycles. The summed E-state index contributed by atoms with van der Waals surface area (Å²) in [4.78, 5) is 30.1. The molecule has 0 radical (unpaired) electrons. The quantitative estimate of drug-likeness (QED) is 0.882. The number of likely N-dealkylation sites (tertiary alicyclic amines) is 1. The highest BCUT2D eigenvalue weighted by Crippen LogP contribution is 2.29. The summed E-state index contributed by atoms with van der Waals surface area (Å²) in [5, 5.41) is 6.12. The average molecular weight is 382 g/mol. The molecular weight excluding hydrogens is 365 g/mol. The van der Waals surface area contributed by atoms with Gasteiger partial charge in [0, 0.05) is 24.6 Å². The fraction of sp³-hybridized carbons (Fsp3) is 0.412. The molecule has 0 atom stereocenters. The minimum atomic E-state index is -4.44. The molecule has 2 aromatic rings. The first-order valence-electron chi connectivity index (χ1n) is 8.32. The molecule has 1 N–H and O–H groups in total. The molecule has 1 aromatic carbocycles. The highest BCUT2D eigenvalue weighted by atomic mass is 19.4. The van der Waals surface area contributed by atoms with Crippen LogP contribution in [0.2, 0.25) is 0 Å². The van der Waals surface area contributed by atoms with E-state index in [1.807, 2.05) is 0 Å². The molecule has 2 amide bonds. The Balaban J connectivity index is 1.55. The highest BCUT2D eigenvalue weighted by molar-refractivity contribution is 5.95. The summed E-state index contributed by atoms with van der Waals surface area (Å²) in [5.74, 6) is -0.522. The van der Waals surface area contributed by atoms with Gasteiger partial charge in [-0.15, -0.1) is 0 Å². The first kappa shape index (κ1) is 18.9. The zero-order chi connectivity index (χ0) is 19.6. The van der Waals surface area contributed by atoms with Gasteiger partial charge in [0.05, 0.1) is 5.56 Å². The van der Waals surface area contributed by atoms with E-state index >= 15 is 0 Å². The average Bonchev–Trinajstić information content (AvgIpc) is 3.05. The van der Waals surface area contributed by atoms with Crippen molar-refractivity contribution in [1.29, 1.82) is 0 Å². The Labute approximate surface area is 152 Å². The Kier molecular flexibility index (Phi) is 5.15. The van der Waals surface area contributed by atoms with E-state index < -0.39 is 11.7 Å². The molecule has 0 unspecified atom stereocenters. The standard InChI is InChI=1S/C17H17F3N4O3/c1-10-21-16(27-23-10)22-14(25)11-6-8-24(9-7-11)15(26)12-2-4-13(5-3-12)17(18,19)20/h2-5,11H,6-9H2,1H3,(H,21,22,23,25). The zero-order valence-electron chi connectivity index (χ0n) is 14.4. The number of aromatic nitrogens is 2. The maximum Gasteiger partial charge on any atom is 0.416 e. The zero-order valence-corrected chi connectivity index (χ0v) is 14.4. The molecule has 3 rings (SSSR count). The second-order valence-electron chi connectivity index (χ2n) is 6.28. The third-order valence-corrected chi connectivity index (χ3v) is 4.37. The van der Waals surface area contributed by atoms with Crippen LogP contribution in [0.5, 0.6) is 0 Å². The van der Waals surface area contributed by atoms with Crippen molar-refractivity contribution in [1.82, 2.24) is 15.0 Å². The van der Waals surface area contributed by atoms with Crippen LogP contribution in [0.4, 0.5) is 19.2 Å². The fourth-order valence-corrected chi connectivity index (χ4v) is 2.88. The minimum Gasteiger partial charge on any atom is -0.339 e. The van der Waals surface area contributed by atoms with Crippen molar-refractivity contribution in [3.63, 3.8) is 0 Å². The summed E-state index contributed by atoms with van der Waals surface area (Å²) in [6, 6.07) is 4.14. The number of alkyl halides is 3. The molecule has 27 heavy (non-hydrogen) atoms. The van der Waals surface area contributed by atoms with Gasteiger partial charge >= 0.3 is 12.2 Å². The lowest BCUT2D eigenvalue weighted by Gasteiger charge is -2.31. The molecule has 0 spiro atoms. The minimum absolute atomic E-state index is 0.0285. The smallest absolute Gasteiger partial charge is 0.339 e. The number of anilines is 1. The molecule has 144 valence electrons. The van der Waals surface area contributed by atoms with Crippen molar-refractivity contribution in [2.75, 3.05) is 18.4 Å². The number of carbonyl (C=O) groups is 2. The molecule has 1 aromatic heterocycles. The predicted octanol–water partition coefficient (Wildman–Crippen LogP) is 2.89. The third-order valence-electron chi connectivity index (χ3n) is 4.37. The number of halogens is 3. The third kappa shape index (κ3) is 4.44. The second kappa shape index (κ2) is 7.37. The summed E-state index contributed by atoms with van der Waals surface area (Å²) >= 11 is 0. The normalized spacial score (nSPS) is 15.6. The van der Waals surface area contributed by atoms with Gasteiger partial charge in [-0.05, 0) is 44.0 Å². The predicted molar refractivity (Wildman–Crippen MR) is 87.7 cm³/mol. The number of piperidine rings is 1. The van der Waals surface area contributed by atoms with Gasteiger partial charge in [0.15, 0.2) is 5.82 Å². The van der Waals surface area contributed by atoms with E-state index in [4.69, 9.17) is 4.52 Å². The Morgan fingerprint density at radius 3 is 2.33 bits per heavy atom. The number of nitrogens with one attached hydrogen (secondary N) is 1. The first-order chi connectivity index (χ1) is 12.7. The van der Waals surface area contributed by atoms with Crippen LogP contribution in [-0.4, -0.2) is 39.9 Å². The lowest BCUT2D eigenvalue weighted by Crippen LogP contribution is -2.41. The Morgan fingerprint density at radius 1 is 1.19 bits per heavy atom. The van der Waals surface area contributed by atoms with Crippen molar-refractivity contribution in [3.8, 4) is 0 Å². The number of amides is 2. The van der Waals surface area contributed by atoms with E-state index in [0.717, 1.165) is 12.1 Å². The molecule has 1 saturated heterocycles. The SMILES string of the molecule is Cc1noc(NC(=O)C2CCN(C(=O)c3ccc(C(F)(F)F)cc3)CC2)n1. The van der Waals surface area contributed by atoms with Crippen LogP contribution < -0.4 is 5.32 Å². The summed E-state index contributed by atoms with van der Waals surface area (Å²) < 4.78 is 42.6. The summed E-state index contributed by atoms with van der Waals surface area (Å²) in [6.07, 6.45) is -3.57. The van der Waals surface area contributed by atoms with Gasteiger partial charge in [-0.1, -0.05) is 5.16 Å². The van der Waals surface area contributed by atoms with Crippen LogP contribution in [0.1, 0.15) is 34.6 Å². The van der Waals surface area contributed by atoms with Crippen LogP contribution in [0, 0.1) is 12.8 Å². The molecule has 7 nitrogen and oxygen atoms in total. The number of aryl methyl sites for hydroxylation is 1. The van der Waals surface area contributed by atoms with Crippen molar-refractivity contribution in [2.24, 2.45) is 5.92 Å². The number of rotatable bonds is 3. The Morgan fingerprint density at radius 2 is 1.81 bits per heavy atom. The van der Waals surface area contributed by atoms with Crippen molar-refractivity contribution < 1.29 is 27.3 Å². The lowest BCUT2D eigenvalue weighted by atomic mass is 9.95. The van der Waals surface area contributed by atoms with E-state index in [0.29, 0.717) is 31.8 Å². The number of nitrogens with zero attached hydrogens (tertiary/aromatic N) is 3.